The highest BCUT2D eigenvalue weighted by molar-refractivity contribution is 6.04. The third-order valence-electron chi connectivity index (χ3n) is 25.4. The van der Waals surface area contributed by atoms with E-state index in [-0.39, 0.29) is 10.8 Å². The molecule has 0 aromatic heterocycles. The number of anilines is 12. The summed E-state index contributed by atoms with van der Waals surface area (Å²) in [4.78, 5) is 9.69. The summed E-state index contributed by atoms with van der Waals surface area (Å²) >= 11 is 0. The molecule has 550 valence electrons. The van der Waals surface area contributed by atoms with E-state index in [0.29, 0.717) is 0 Å². The molecule has 0 amide bonds. The third-order valence-corrected chi connectivity index (χ3v) is 25.4. The zero-order valence-corrected chi connectivity index (χ0v) is 64.4. The Hall–Kier alpha value is -13.8. The smallest absolute Gasteiger partial charge is 0.0540 e. The molecule has 4 nitrogen and oxygen atoms in total. The van der Waals surface area contributed by atoms with Crippen LogP contribution in [0.2, 0.25) is 0 Å². The maximum Gasteiger partial charge on any atom is 0.0540 e. The lowest BCUT2D eigenvalue weighted by Gasteiger charge is -2.36. The Kier molecular flexibility index (Phi) is 17.7. The first-order valence-corrected chi connectivity index (χ1v) is 41.1. The Bertz CT molecular complexity index is 6610. The minimum atomic E-state index is 0.0876. The quantitative estimate of drug-likeness (QED) is 0.108. The van der Waals surface area contributed by atoms with Gasteiger partial charge in [0.2, 0.25) is 0 Å². The molecule has 0 bridgehead atoms. The van der Waals surface area contributed by atoms with Gasteiger partial charge in [0.05, 0.1) is 22.7 Å². The van der Waals surface area contributed by atoms with Gasteiger partial charge in [0.1, 0.15) is 0 Å². The average Bonchev–Trinajstić information content (AvgIpc) is 1.55. The molecule has 18 aromatic rings. The van der Waals surface area contributed by atoms with Gasteiger partial charge in [0, 0.05) is 77.9 Å². The molecule has 4 aliphatic carbocycles. The van der Waals surface area contributed by atoms with Gasteiger partial charge in [-0.2, -0.15) is 0 Å². The zero-order chi connectivity index (χ0) is 76.2. The van der Waals surface area contributed by atoms with Crippen LogP contribution in [0.5, 0.6) is 0 Å². The molecular weight excluding hydrogens is 1390 g/mol. The fraction of sp³-hybridized carbons (Fsp3) is 0.0991. The molecule has 0 radical (unpaired) electrons. The van der Waals surface area contributed by atoms with Crippen molar-refractivity contribution in [3.05, 3.63) is 435 Å². The van der Waals surface area contributed by atoms with E-state index in [9.17, 15) is 0 Å². The summed E-state index contributed by atoms with van der Waals surface area (Å²) in [6.07, 6.45) is 11.3. The minimum absolute atomic E-state index is 0.0876. The maximum absolute atomic E-state index is 2.53. The first-order chi connectivity index (χ1) is 57.0. The van der Waals surface area contributed by atoms with E-state index in [2.05, 4.69) is 432 Å². The summed E-state index contributed by atoms with van der Waals surface area (Å²) in [5.41, 5.74) is 30.6. The summed E-state index contributed by atoms with van der Waals surface area (Å²) in [5, 5.41) is 9.89. The maximum atomic E-state index is 2.53. The van der Waals surface area contributed by atoms with E-state index in [4.69, 9.17) is 0 Å². The fourth-order valence-corrected chi connectivity index (χ4v) is 20.1. The molecule has 0 unspecified atom stereocenters. The van der Waals surface area contributed by atoms with Crippen molar-refractivity contribution in [3.8, 4) is 44.5 Å². The largest absolute Gasteiger partial charge is 0.310 e. The average molecular weight is 1480 g/mol. The second kappa shape index (κ2) is 29.4. The van der Waals surface area contributed by atoms with Crippen molar-refractivity contribution in [3.63, 3.8) is 0 Å². The van der Waals surface area contributed by atoms with Crippen molar-refractivity contribution >= 4 is 111 Å². The molecule has 4 heteroatoms. The molecule has 2 spiro atoms. The molecule has 0 aliphatic heterocycles. The van der Waals surface area contributed by atoms with Crippen molar-refractivity contribution in [1.29, 1.82) is 0 Å². The Morgan fingerprint density at radius 2 is 0.400 bits per heavy atom. The van der Waals surface area contributed by atoms with Gasteiger partial charge < -0.3 is 19.6 Å². The van der Waals surface area contributed by atoms with Crippen LogP contribution >= 0.6 is 0 Å². The van der Waals surface area contributed by atoms with Crippen LogP contribution in [0, 0.1) is 0 Å². The molecular formula is C111H86N4. The standard InChI is InChI=1S/C56H44N2.C55H42N2/c1-3-19-44(20-4-1)57(54-25-13-17-42-15-5-7-21-48(42)54)45-31-27-40(28-32-45)41-29-33-46(34-30-41)58(55-26-14-18-43-16-6-8-22-49(43)55)47-35-36-51-50-23-9-10-24-52(50)56(53(51)39-47)37-11-2-12-38-56;1-2-18-43(19-3-1)56(53-24-12-16-41-14-4-6-20-47(41)53)44-30-26-39(27-31-44)40-28-32-45(33-29-40)57(54-25-13-17-42-15-5-7-21-48(42)54)46-34-35-50-49-22-8-9-23-51(49)55(52(50)38-46)36-10-11-37-55/h1,3-10,13-36,39H,2,11-12,37-38H2;1-9,12-35,38H,10-11,36-37H2. The topological polar surface area (TPSA) is 13.0 Å². The molecule has 0 saturated heterocycles. The van der Waals surface area contributed by atoms with Gasteiger partial charge in [-0.3, -0.25) is 0 Å². The van der Waals surface area contributed by atoms with Crippen LogP contribution in [0.1, 0.15) is 80.0 Å². The monoisotopic (exact) mass is 1470 g/mol. The van der Waals surface area contributed by atoms with Crippen molar-refractivity contribution in [2.75, 3.05) is 19.6 Å². The predicted octanol–water partition coefficient (Wildman–Crippen LogP) is 31.3. The van der Waals surface area contributed by atoms with Gasteiger partial charge in [-0.05, 0) is 235 Å². The molecule has 115 heavy (non-hydrogen) atoms. The van der Waals surface area contributed by atoms with Gasteiger partial charge in [-0.1, -0.05) is 323 Å². The van der Waals surface area contributed by atoms with Gasteiger partial charge in [0.15, 0.2) is 0 Å². The van der Waals surface area contributed by atoms with Gasteiger partial charge >= 0.3 is 0 Å². The molecule has 0 heterocycles. The van der Waals surface area contributed by atoms with E-state index in [1.54, 1.807) is 0 Å². The Labute approximate surface area is 674 Å². The highest BCUT2D eigenvalue weighted by Gasteiger charge is 2.46. The lowest BCUT2D eigenvalue weighted by atomic mass is 9.68. The summed E-state index contributed by atoms with van der Waals surface area (Å²) in [6.45, 7) is 0. The summed E-state index contributed by atoms with van der Waals surface area (Å²) < 4.78 is 0. The predicted molar refractivity (Wildman–Crippen MR) is 486 cm³/mol. The van der Waals surface area contributed by atoms with Crippen LogP contribution in [0.15, 0.2) is 413 Å². The second-order valence-electron chi connectivity index (χ2n) is 31.7. The highest BCUT2D eigenvalue weighted by Crippen LogP contribution is 2.60. The van der Waals surface area contributed by atoms with Crippen LogP contribution in [0.4, 0.5) is 68.2 Å². The molecule has 2 fully saturated rings. The molecule has 4 aliphatic rings. The number of benzene rings is 18. The van der Waals surface area contributed by atoms with Crippen molar-refractivity contribution in [1.82, 2.24) is 0 Å². The first kappa shape index (κ1) is 69.2. The lowest BCUT2D eigenvalue weighted by Crippen LogP contribution is -2.28. The number of nitrogens with zero attached hydrogens (tertiary/aromatic N) is 4. The molecule has 0 N–H and O–H groups in total. The number of rotatable bonds is 14. The normalized spacial score (nSPS) is 13.9. The van der Waals surface area contributed by atoms with Crippen LogP contribution in [-0.2, 0) is 10.8 Å². The van der Waals surface area contributed by atoms with Crippen molar-refractivity contribution in [2.24, 2.45) is 0 Å². The van der Waals surface area contributed by atoms with Crippen LogP contribution in [-0.4, -0.2) is 0 Å². The Balaban J connectivity index is 0.000000144. The van der Waals surface area contributed by atoms with Crippen LogP contribution in [0.3, 0.4) is 0 Å². The van der Waals surface area contributed by atoms with Crippen molar-refractivity contribution in [2.45, 2.75) is 68.6 Å². The van der Waals surface area contributed by atoms with E-state index < -0.39 is 0 Å². The van der Waals surface area contributed by atoms with Crippen LogP contribution in [0.25, 0.3) is 87.6 Å². The fourth-order valence-electron chi connectivity index (χ4n) is 20.1. The van der Waals surface area contributed by atoms with Gasteiger partial charge in [-0.15, -0.1) is 0 Å². The number of hydrogen-bond donors (Lipinski definition) is 0. The number of para-hydroxylation sites is 2. The van der Waals surface area contributed by atoms with E-state index in [1.807, 2.05) is 0 Å². The molecule has 2 saturated carbocycles. The minimum Gasteiger partial charge on any atom is -0.310 e. The zero-order valence-electron chi connectivity index (χ0n) is 64.4. The molecule has 18 aromatic carbocycles. The van der Waals surface area contributed by atoms with Crippen LogP contribution < -0.4 is 19.6 Å². The van der Waals surface area contributed by atoms with Gasteiger partial charge in [-0.25, -0.2) is 0 Å². The lowest BCUT2D eigenvalue weighted by molar-refractivity contribution is 0.353. The molecule has 0 atom stereocenters. The SMILES string of the molecule is c1ccc(N(c2ccc(-c3ccc(N(c4ccc5c(c4)C4(CCCC4)c4ccccc4-5)c4cccc5ccccc45)cc3)cc2)c2cccc3ccccc23)cc1.c1ccc(N(c2ccc(-c3ccc(N(c4ccc5c(c4)C4(CCCCC4)c4ccccc4-5)c4cccc5ccccc45)cc3)cc2)c2cccc3ccccc23)cc1. The summed E-state index contributed by atoms with van der Waals surface area (Å²) in [7, 11) is 0. The first-order valence-electron chi connectivity index (χ1n) is 41.1. The Morgan fingerprint density at radius 1 is 0.165 bits per heavy atom. The van der Waals surface area contributed by atoms with E-state index >= 15 is 0 Å². The number of hydrogen-bond acceptors (Lipinski definition) is 4. The third kappa shape index (κ3) is 12.2. The van der Waals surface area contributed by atoms with Gasteiger partial charge in [0.25, 0.3) is 0 Å². The highest BCUT2D eigenvalue weighted by atomic mass is 15.2. The number of fused-ring (bicyclic) bond motifs is 14. The molecule has 22 rings (SSSR count). The van der Waals surface area contributed by atoms with E-state index in [0.717, 1.165) is 34.1 Å². The van der Waals surface area contributed by atoms with E-state index in [1.165, 1.54) is 202 Å². The Morgan fingerprint density at radius 3 is 0.722 bits per heavy atom. The summed E-state index contributed by atoms with van der Waals surface area (Å²) in [5.74, 6) is 0. The second-order valence-corrected chi connectivity index (χ2v) is 31.7. The summed E-state index contributed by atoms with van der Waals surface area (Å²) in [6, 6.07) is 152. The van der Waals surface area contributed by atoms with Crippen molar-refractivity contribution < 1.29 is 0 Å².